The number of nitrogens with one attached hydrogen (secondary N) is 2. The molecule has 1 amide bonds. The molecule has 0 aromatic heterocycles. The van der Waals surface area contributed by atoms with Crippen LogP contribution in [0.4, 0.5) is 13.2 Å². The number of halogens is 3. The molecular formula is C14H11F3N2O4S. The number of rotatable bonds is 5. The molecule has 0 aliphatic carbocycles. The summed E-state index contributed by atoms with van der Waals surface area (Å²) in [6.07, 6.45) is 0. The molecule has 10 heteroatoms. The summed E-state index contributed by atoms with van der Waals surface area (Å²) in [5, 5.41) is 0. The van der Waals surface area contributed by atoms with E-state index in [1.807, 2.05) is 5.43 Å². The number of sulfonamides is 1. The summed E-state index contributed by atoms with van der Waals surface area (Å²) >= 11 is 0. The van der Waals surface area contributed by atoms with Gasteiger partial charge in [-0.3, -0.25) is 10.2 Å². The van der Waals surface area contributed by atoms with Crippen LogP contribution in [0.1, 0.15) is 10.4 Å². The third-order valence-electron chi connectivity index (χ3n) is 2.94. The summed E-state index contributed by atoms with van der Waals surface area (Å²) < 4.78 is 68.1. The first-order valence-corrected chi connectivity index (χ1v) is 7.84. The van der Waals surface area contributed by atoms with Gasteiger partial charge < -0.3 is 4.74 Å². The number of carbonyl (C=O) groups excluding carboxylic acids is 1. The van der Waals surface area contributed by atoms with Gasteiger partial charge in [0, 0.05) is 5.56 Å². The fourth-order valence-electron chi connectivity index (χ4n) is 1.70. The number of hydrogen-bond acceptors (Lipinski definition) is 4. The van der Waals surface area contributed by atoms with E-state index in [2.05, 4.69) is 0 Å². The van der Waals surface area contributed by atoms with Gasteiger partial charge in [0.1, 0.15) is 10.6 Å². The van der Waals surface area contributed by atoms with Crippen LogP contribution < -0.4 is 15.0 Å². The lowest BCUT2D eigenvalue weighted by atomic mass is 10.2. The van der Waals surface area contributed by atoms with Crippen molar-refractivity contribution in [3.63, 3.8) is 0 Å². The molecule has 0 atom stereocenters. The van der Waals surface area contributed by atoms with Gasteiger partial charge in [0.25, 0.3) is 15.9 Å². The van der Waals surface area contributed by atoms with E-state index >= 15 is 0 Å². The molecular weight excluding hydrogens is 349 g/mol. The highest BCUT2D eigenvalue weighted by atomic mass is 32.2. The van der Waals surface area contributed by atoms with E-state index in [4.69, 9.17) is 4.74 Å². The molecule has 0 bridgehead atoms. The quantitative estimate of drug-likeness (QED) is 0.628. The third kappa shape index (κ3) is 3.66. The van der Waals surface area contributed by atoms with E-state index < -0.39 is 38.3 Å². The fraction of sp³-hybridized carbons (Fsp3) is 0.0714. The number of hydrogen-bond donors (Lipinski definition) is 2. The Hall–Kier alpha value is -2.59. The molecule has 2 N–H and O–H groups in total. The van der Waals surface area contributed by atoms with Crippen molar-refractivity contribution in [3.05, 3.63) is 59.4 Å². The van der Waals surface area contributed by atoms with Crippen molar-refractivity contribution in [2.75, 3.05) is 7.11 Å². The normalized spacial score (nSPS) is 11.2. The highest BCUT2D eigenvalue weighted by Crippen LogP contribution is 2.19. The first-order chi connectivity index (χ1) is 11.3. The zero-order valence-electron chi connectivity index (χ0n) is 12.1. The molecule has 24 heavy (non-hydrogen) atoms. The number of hydrazine groups is 1. The van der Waals surface area contributed by atoms with Gasteiger partial charge in [0.05, 0.1) is 7.11 Å². The van der Waals surface area contributed by atoms with Gasteiger partial charge in [0.2, 0.25) is 0 Å². The topological polar surface area (TPSA) is 84.5 Å². The van der Waals surface area contributed by atoms with Gasteiger partial charge >= 0.3 is 0 Å². The summed E-state index contributed by atoms with van der Waals surface area (Å²) in [6.45, 7) is 0. The van der Waals surface area contributed by atoms with Crippen LogP contribution in [0.15, 0.2) is 41.3 Å². The average Bonchev–Trinajstić information content (AvgIpc) is 2.57. The molecule has 128 valence electrons. The summed E-state index contributed by atoms with van der Waals surface area (Å²) in [5.74, 6) is -5.71. The van der Waals surface area contributed by atoms with Gasteiger partial charge in [0.15, 0.2) is 17.5 Å². The van der Waals surface area contributed by atoms with Crippen LogP contribution in [0.3, 0.4) is 0 Å². The van der Waals surface area contributed by atoms with Gasteiger partial charge in [-0.05, 0) is 36.4 Å². The lowest BCUT2D eigenvalue weighted by molar-refractivity contribution is 0.0945. The minimum atomic E-state index is -4.63. The molecule has 2 aromatic rings. The molecule has 0 spiro atoms. The largest absolute Gasteiger partial charge is 0.497 e. The molecule has 0 aliphatic heterocycles. The predicted molar refractivity (Wildman–Crippen MR) is 77.1 cm³/mol. The van der Waals surface area contributed by atoms with E-state index in [9.17, 15) is 26.4 Å². The Kier molecular flexibility index (Phi) is 5.10. The molecule has 2 rings (SSSR count). The van der Waals surface area contributed by atoms with Crippen LogP contribution in [0.25, 0.3) is 0 Å². The van der Waals surface area contributed by atoms with Crippen LogP contribution in [-0.4, -0.2) is 21.4 Å². The Bertz CT molecular complexity index is 870. The summed E-state index contributed by atoms with van der Waals surface area (Å²) in [6, 6.07) is 6.66. The number of methoxy groups -OCH3 is 1. The SMILES string of the molecule is COc1ccc(C(=O)NNS(=O)(=O)c2ccc(F)c(F)c2F)cc1. The first kappa shape index (κ1) is 17.8. The minimum absolute atomic E-state index is 0.0873. The Morgan fingerprint density at radius 1 is 1.00 bits per heavy atom. The molecule has 0 radical (unpaired) electrons. The second-order valence-corrected chi connectivity index (χ2v) is 6.11. The molecule has 0 saturated carbocycles. The average molecular weight is 360 g/mol. The van der Waals surface area contributed by atoms with Crippen molar-refractivity contribution in [2.45, 2.75) is 4.90 Å². The highest BCUT2D eigenvalue weighted by molar-refractivity contribution is 7.89. The van der Waals surface area contributed by atoms with Crippen LogP contribution >= 0.6 is 0 Å². The Morgan fingerprint density at radius 2 is 1.62 bits per heavy atom. The van der Waals surface area contributed by atoms with E-state index in [0.717, 1.165) is 0 Å². The molecule has 0 heterocycles. The Morgan fingerprint density at radius 3 is 2.21 bits per heavy atom. The van der Waals surface area contributed by atoms with E-state index in [-0.39, 0.29) is 5.56 Å². The molecule has 0 fully saturated rings. The van der Waals surface area contributed by atoms with E-state index in [1.54, 1.807) is 4.83 Å². The Balaban J connectivity index is 2.15. The second kappa shape index (κ2) is 6.89. The van der Waals surface area contributed by atoms with Crippen molar-refractivity contribution in [1.82, 2.24) is 10.3 Å². The number of ether oxygens (including phenoxy) is 1. The smallest absolute Gasteiger partial charge is 0.266 e. The fourth-order valence-corrected chi connectivity index (χ4v) is 2.61. The second-order valence-electron chi connectivity index (χ2n) is 4.46. The maximum absolute atomic E-state index is 13.5. The maximum Gasteiger partial charge on any atom is 0.266 e. The van der Waals surface area contributed by atoms with Crippen molar-refractivity contribution in [1.29, 1.82) is 0 Å². The van der Waals surface area contributed by atoms with Gasteiger partial charge in [-0.2, -0.15) is 0 Å². The van der Waals surface area contributed by atoms with Crippen LogP contribution in [-0.2, 0) is 10.0 Å². The minimum Gasteiger partial charge on any atom is -0.497 e. The molecule has 6 nitrogen and oxygen atoms in total. The standard InChI is InChI=1S/C14H11F3N2O4S/c1-23-9-4-2-8(3-5-9)14(20)18-19-24(21,22)11-7-6-10(15)12(16)13(11)17/h2-7,19H,1H3,(H,18,20). The Labute approximate surface area is 135 Å². The third-order valence-corrected chi connectivity index (χ3v) is 4.21. The first-order valence-electron chi connectivity index (χ1n) is 6.36. The van der Waals surface area contributed by atoms with Crippen molar-refractivity contribution >= 4 is 15.9 Å². The highest BCUT2D eigenvalue weighted by Gasteiger charge is 2.24. The van der Waals surface area contributed by atoms with E-state index in [0.29, 0.717) is 17.9 Å². The molecule has 0 aliphatic rings. The monoisotopic (exact) mass is 360 g/mol. The molecule has 0 saturated heterocycles. The molecule has 0 unspecified atom stereocenters. The summed E-state index contributed by atoms with van der Waals surface area (Å²) in [7, 11) is -3.20. The summed E-state index contributed by atoms with van der Waals surface area (Å²) in [4.78, 5) is 12.3. The van der Waals surface area contributed by atoms with Crippen molar-refractivity contribution in [2.24, 2.45) is 0 Å². The summed E-state index contributed by atoms with van der Waals surface area (Å²) in [5.41, 5.74) is 1.92. The lowest BCUT2D eigenvalue weighted by Gasteiger charge is -2.10. The van der Waals surface area contributed by atoms with E-state index in [1.165, 1.54) is 31.4 Å². The zero-order chi connectivity index (χ0) is 17.9. The van der Waals surface area contributed by atoms with Crippen LogP contribution in [0, 0.1) is 17.5 Å². The van der Waals surface area contributed by atoms with Gasteiger partial charge in [-0.25, -0.2) is 21.6 Å². The zero-order valence-corrected chi connectivity index (χ0v) is 13.0. The maximum atomic E-state index is 13.5. The number of amides is 1. The molecule has 2 aromatic carbocycles. The number of carbonyl (C=O) groups is 1. The van der Waals surface area contributed by atoms with Crippen molar-refractivity contribution < 1.29 is 31.1 Å². The predicted octanol–water partition coefficient (Wildman–Crippen LogP) is 1.74. The van der Waals surface area contributed by atoms with Crippen molar-refractivity contribution in [3.8, 4) is 5.75 Å². The van der Waals surface area contributed by atoms with Gasteiger partial charge in [-0.15, -0.1) is 4.83 Å². The van der Waals surface area contributed by atoms with Crippen LogP contribution in [0.2, 0.25) is 0 Å². The van der Waals surface area contributed by atoms with Gasteiger partial charge in [-0.1, -0.05) is 0 Å². The van der Waals surface area contributed by atoms with Crippen LogP contribution in [0.5, 0.6) is 5.75 Å². The lowest BCUT2D eigenvalue weighted by Crippen LogP contribution is -2.41. The number of benzene rings is 2.